The van der Waals surface area contributed by atoms with E-state index in [0.717, 1.165) is 11.3 Å². The number of hydrogen-bond donors (Lipinski definition) is 2. The van der Waals surface area contributed by atoms with E-state index in [1.54, 1.807) is 24.3 Å². The Morgan fingerprint density at radius 2 is 2.19 bits per heavy atom. The van der Waals surface area contributed by atoms with Gasteiger partial charge in [0, 0.05) is 17.1 Å². The molecule has 21 heavy (non-hydrogen) atoms. The molecule has 0 saturated heterocycles. The summed E-state index contributed by atoms with van der Waals surface area (Å²) in [5, 5.41) is 21.6. The number of aromatic carboxylic acids is 1. The monoisotopic (exact) mass is 302 g/mol. The molecular weight excluding hydrogens is 292 g/mol. The molecule has 0 aliphatic carbocycles. The summed E-state index contributed by atoms with van der Waals surface area (Å²) in [6.07, 6.45) is 0. The van der Waals surface area contributed by atoms with Crippen LogP contribution in [0.5, 0.6) is 5.75 Å². The van der Waals surface area contributed by atoms with Gasteiger partial charge >= 0.3 is 5.97 Å². The molecule has 0 aliphatic rings. The van der Waals surface area contributed by atoms with E-state index in [-0.39, 0.29) is 11.5 Å². The molecule has 2 rings (SSSR count). The van der Waals surface area contributed by atoms with Crippen LogP contribution in [0, 0.1) is 11.3 Å². The van der Waals surface area contributed by atoms with Gasteiger partial charge in [0.2, 0.25) is 0 Å². The normalized spacial score (nSPS) is 9.67. The predicted molar refractivity (Wildman–Crippen MR) is 76.6 cm³/mol. The zero-order valence-corrected chi connectivity index (χ0v) is 11.5. The summed E-state index contributed by atoms with van der Waals surface area (Å²) in [6.45, 7) is -0.243. The van der Waals surface area contributed by atoms with Crippen LogP contribution in [0.25, 0.3) is 0 Å². The first kappa shape index (κ1) is 14.6. The number of carboxylic acid groups (broad SMARTS) is 1. The standard InChI is InChI=1S/C14H10N2O4S/c15-6-9-2-1-3-10(4-9)16-13(17)7-20-11-5-12(14(18)19)21-8-11/h1-5,8H,7H2,(H,16,17)(H,18,19). The highest BCUT2D eigenvalue weighted by atomic mass is 32.1. The maximum Gasteiger partial charge on any atom is 0.346 e. The second kappa shape index (κ2) is 6.54. The summed E-state index contributed by atoms with van der Waals surface area (Å²) in [7, 11) is 0. The Morgan fingerprint density at radius 3 is 2.86 bits per heavy atom. The van der Waals surface area contributed by atoms with Crippen molar-refractivity contribution in [2.75, 3.05) is 11.9 Å². The molecule has 0 unspecified atom stereocenters. The first-order valence-electron chi connectivity index (χ1n) is 5.83. The highest BCUT2D eigenvalue weighted by molar-refractivity contribution is 7.12. The van der Waals surface area contributed by atoms with Crippen LogP contribution in [-0.4, -0.2) is 23.6 Å². The van der Waals surface area contributed by atoms with Crippen molar-refractivity contribution >= 4 is 28.9 Å². The van der Waals surface area contributed by atoms with E-state index < -0.39 is 11.9 Å². The molecule has 1 amide bonds. The molecule has 7 heteroatoms. The SMILES string of the molecule is N#Cc1cccc(NC(=O)COc2csc(C(=O)O)c2)c1. The zero-order chi connectivity index (χ0) is 15.2. The number of anilines is 1. The largest absolute Gasteiger partial charge is 0.483 e. The minimum Gasteiger partial charge on any atom is -0.483 e. The van der Waals surface area contributed by atoms with Gasteiger partial charge < -0.3 is 15.2 Å². The fraction of sp³-hybridized carbons (Fsp3) is 0.0714. The molecular formula is C14H10N2O4S. The van der Waals surface area contributed by atoms with Gasteiger partial charge in [-0.2, -0.15) is 5.26 Å². The van der Waals surface area contributed by atoms with Gasteiger partial charge in [-0.1, -0.05) is 6.07 Å². The summed E-state index contributed by atoms with van der Waals surface area (Å²) in [5.74, 6) is -1.10. The van der Waals surface area contributed by atoms with E-state index in [2.05, 4.69) is 5.32 Å². The van der Waals surface area contributed by atoms with Crippen molar-refractivity contribution in [2.45, 2.75) is 0 Å². The lowest BCUT2D eigenvalue weighted by Crippen LogP contribution is -2.20. The lowest BCUT2D eigenvalue weighted by atomic mass is 10.2. The Bertz CT molecular complexity index is 718. The average molecular weight is 302 g/mol. The first-order chi connectivity index (χ1) is 10.1. The van der Waals surface area contributed by atoms with Crippen LogP contribution in [0.15, 0.2) is 35.7 Å². The molecule has 2 aromatic rings. The summed E-state index contributed by atoms with van der Waals surface area (Å²) in [6, 6.07) is 9.83. The van der Waals surface area contributed by atoms with Crippen LogP contribution in [0.4, 0.5) is 5.69 Å². The number of ether oxygens (including phenoxy) is 1. The van der Waals surface area contributed by atoms with Crippen LogP contribution in [0.1, 0.15) is 15.2 Å². The second-order valence-electron chi connectivity index (χ2n) is 3.98. The van der Waals surface area contributed by atoms with Crippen LogP contribution in [0.2, 0.25) is 0 Å². The molecule has 1 aromatic heterocycles. The lowest BCUT2D eigenvalue weighted by Gasteiger charge is -2.06. The molecule has 0 fully saturated rings. The van der Waals surface area contributed by atoms with E-state index in [1.165, 1.54) is 11.4 Å². The highest BCUT2D eigenvalue weighted by Crippen LogP contribution is 2.21. The molecule has 1 heterocycles. The van der Waals surface area contributed by atoms with E-state index in [9.17, 15) is 9.59 Å². The zero-order valence-electron chi connectivity index (χ0n) is 10.7. The minimum atomic E-state index is -1.03. The molecule has 0 atom stereocenters. The Hall–Kier alpha value is -2.85. The number of carboxylic acids is 1. The van der Waals surface area contributed by atoms with Crippen LogP contribution < -0.4 is 10.1 Å². The third-order valence-electron chi connectivity index (χ3n) is 2.43. The maximum absolute atomic E-state index is 11.7. The molecule has 1 aromatic carbocycles. The molecule has 2 N–H and O–H groups in total. The number of amides is 1. The Kier molecular flexibility index (Phi) is 4.53. The van der Waals surface area contributed by atoms with Gasteiger partial charge in [0.25, 0.3) is 5.91 Å². The number of nitrogens with zero attached hydrogens (tertiary/aromatic N) is 1. The Labute approximate surface area is 124 Å². The minimum absolute atomic E-state index is 0.145. The molecule has 6 nitrogen and oxygen atoms in total. The summed E-state index contributed by atoms with van der Waals surface area (Å²) >= 11 is 1.03. The number of carbonyl (C=O) groups excluding carboxylic acids is 1. The quantitative estimate of drug-likeness (QED) is 0.883. The van der Waals surface area contributed by atoms with Gasteiger partial charge in [-0.3, -0.25) is 4.79 Å². The summed E-state index contributed by atoms with van der Waals surface area (Å²) in [4.78, 5) is 22.5. The third-order valence-corrected chi connectivity index (χ3v) is 3.33. The molecule has 0 radical (unpaired) electrons. The van der Waals surface area contributed by atoms with Crippen LogP contribution in [-0.2, 0) is 4.79 Å². The average Bonchev–Trinajstić information content (AvgIpc) is 2.94. The van der Waals surface area contributed by atoms with Crippen LogP contribution in [0.3, 0.4) is 0 Å². The van der Waals surface area contributed by atoms with Gasteiger partial charge in [0.15, 0.2) is 6.61 Å². The van der Waals surface area contributed by atoms with E-state index in [0.29, 0.717) is 17.0 Å². The number of carbonyl (C=O) groups is 2. The number of thiophene rings is 1. The van der Waals surface area contributed by atoms with Crippen molar-refractivity contribution in [1.82, 2.24) is 0 Å². The van der Waals surface area contributed by atoms with Crippen molar-refractivity contribution in [2.24, 2.45) is 0 Å². The molecule has 0 saturated carbocycles. The van der Waals surface area contributed by atoms with Crippen molar-refractivity contribution in [3.05, 3.63) is 46.2 Å². The van der Waals surface area contributed by atoms with Gasteiger partial charge in [-0.05, 0) is 18.2 Å². The van der Waals surface area contributed by atoms with Crippen molar-refractivity contribution in [3.8, 4) is 11.8 Å². The Balaban J connectivity index is 1.89. The van der Waals surface area contributed by atoms with E-state index in [4.69, 9.17) is 15.1 Å². The third kappa shape index (κ3) is 4.06. The van der Waals surface area contributed by atoms with E-state index >= 15 is 0 Å². The number of nitrogens with one attached hydrogen (secondary N) is 1. The van der Waals surface area contributed by atoms with Gasteiger partial charge in [0.1, 0.15) is 10.6 Å². The van der Waals surface area contributed by atoms with Gasteiger partial charge in [-0.15, -0.1) is 11.3 Å². The van der Waals surface area contributed by atoms with Crippen molar-refractivity contribution in [1.29, 1.82) is 5.26 Å². The molecule has 0 aliphatic heterocycles. The molecule has 0 spiro atoms. The van der Waals surface area contributed by atoms with Crippen LogP contribution >= 0.6 is 11.3 Å². The molecule has 0 bridgehead atoms. The highest BCUT2D eigenvalue weighted by Gasteiger charge is 2.09. The van der Waals surface area contributed by atoms with Crippen molar-refractivity contribution < 1.29 is 19.4 Å². The lowest BCUT2D eigenvalue weighted by molar-refractivity contribution is -0.118. The topological polar surface area (TPSA) is 99.4 Å². The summed E-state index contributed by atoms with van der Waals surface area (Å²) < 4.78 is 5.20. The number of benzene rings is 1. The second-order valence-corrected chi connectivity index (χ2v) is 4.89. The fourth-order valence-corrected chi connectivity index (χ4v) is 2.18. The number of hydrogen-bond acceptors (Lipinski definition) is 5. The Morgan fingerprint density at radius 1 is 1.38 bits per heavy atom. The first-order valence-corrected chi connectivity index (χ1v) is 6.71. The fourth-order valence-electron chi connectivity index (χ4n) is 1.52. The smallest absolute Gasteiger partial charge is 0.346 e. The van der Waals surface area contributed by atoms with E-state index in [1.807, 2.05) is 6.07 Å². The predicted octanol–water partition coefficient (Wildman–Crippen LogP) is 2.34. The number of nitriles is 1. The number of rotatable bonds is 5. The van der Waals surface area contributed by atoms with Crippen molar-refractivity contribution in [3.63, 3.8) is 0 Å². The maximum atomic E-state index is 11.7. The summed E-state index contributed by atoms with van der Waals surface area (Å²) in [5.41, 5.74) is 0.942. The van der Waals surface area contributed by atoms with Gasteiger partial charge in [0.05, 0.1) is 11.6 Å². The molecule has 106 valence electrons. The van der Waals surface area contributed by atoms with Gasteiger partial charge in [-0.25, -0.2) is 4.79 Å².